The third-order valence-corrected chi connectivity index (χ3v) is 2.32. The highest BCUT2D eigenvalue weighted by molar-refractivity contribution is 5.98. The number of allylic oxidation sites excluding steroid dienone is 1. The van der Waals surface area contributed by atoms with Gasteiger partial charge in [-0.25, -0.2) is 4.79 Å². The van der Waals surface area contributed by atoms with Gasteiger partial charge in [0, 0.05) is 11.1 Å². The first kappa shape index (κ1) is 14.8. The van der Waals surface area contributed by atoms with Crippen molar-refractivity contribution in [1.82, 2.24) is 0 Å². The van der Waals surface area contributed by atoms with Crippen LogP contribution >= 0.6 is 0 Å². The van der Waals surface area contributed by atoms with E-state index in [1.807, 2.05) is 6.92 Å². The van der Waals surface area contributed by atoms with Gasteiger partial charge in [0.1, 0.15) is 11.7 Å². The number of esters is 1. The Morgan fingerprint density at radius 3 is 2.58 bits per heavy atom. The number of rotatable bonds is 6. The molecular weight excluding hydrogens is 248 g/mol. The Kier molecular flexibility index (Phi) is 5.11. The van der Waals surface area contributed by atoms with E-state index in [4.69, 9.17) is 9.15 Å². The van der Waals surface area contributed by atoms with E-state index in [2.05, 4.69) is 6.58 Å². The van der Waals surface area contributed by atoms with Crippen molar-refractivity contribution >= 4 is 17.5 Å². The summed E-state index contributed by atoms with van der Waals surface area (Å²) < 4.78 is 9.99. The zero-order valence-corrected chi connectivity index (χ0v) is 10.9. The zero-order valence-electron chi connectivity index (χ0n) is 10.9. The van der Waals surface area contributed by atoms with Gasteiger partial charge in [-0.2, -0.15) is 0 Å². The van der Waals surface area contributed by atoms with E-state index in [0.29, 0.717) is 24.2 Å². The first-order chi connectivity index (χ1) is 8.97. The van der Waals surface area contributed by atoms with Crippen LogP contribution in [0.25, 0.3) is 5.57 Å². The highest BCUT2D eigenvalue weighted by Crippen LogP contribution is 2.25. The van der Waals surface area contributed by atoms with E-state index in [9.17, 15) is 14.7 Å². The third kappa shape index (κ3) is 3.84. The van der Waals surface area contributed by atoms with Gasteiger partial charge in [0.2, 0.25) is 0 Å². The summed E-state index contributed by atoms with van der Waals surface area (Å²) in [5.41, 5.74) is 0.399. The van der Waals surface area contributed by atoms with Crippen LogP contribution in [0.15, 0.2) is 40.7 Å². The zero-order chi connectivity index (χ0) is 14.4. The summed E-state index contributed by atoms with van der Waals surface area (Å²) in [4.78, 5) is 22.6. The molecule has 0 unspecified atom stereocenters. The van der Waals surface area contributed by atoms with Gasteiger partial charge in [-0.1, -0.05) is 19.9 Å². The summed E-state index contributed by atoms with van der Waals surface area (Å²) in [6, 6.07) is 3.22. The lowest BCUT2D eigenvalue weighted by molar-refractivity contribution is -0.302. The standard InChI is InChI=1S/C14H16O5/c1-4-6-10(11-7-5-8-18-11)12(13(15)16)19-14(17)9(2)3/h5,7-8H,2,4,6H2,1,3H3,(H,15,16)/p-1/b12-10-. The molecule has 102 valence electrons. The molecule has 0 saturated carbocycles. The van der Waals surface area contributed by atoms with Crippen LogP contribution in [0.3, 0.4) is 0 Å². The lowest BCUT2D eigenvalue weighted by Crippen LogP contribution is -2.28. The van der Waals surface area contributed by atoms with Gasteiger partial charge in [0.25, 0.3) is 0 Å². The van der Waals surface area contributed by atoms with Gasteiger partial charge in [-0.05, 0) is 25.5 Å². The molecule has 0 aliphatic carbocycles. The van der Waals surface area contributed by atoms with Gasteiger partial charge >= 0.3 is 5.97 Å². The summed E-state index contributed by atoms with van der Waals surface area (Å²) in [5.74, 6) is -2.55. The maximum absolute atomic E-state index is 11.5. The first-order valence-electron chi connectivity index (χ1n) is 5.83. The molecule has 0 spiro atoms. The van der Waals surface area contributed by atoms with Crippen molar-refractivity contribution in [1.29, 1.82) is 0 Å². The predicted molar refractivity (Wildman–Crippen MR) is 66.4 cm³/mol. The van der Waals surface area contributed by atoms with Crippen LogP contribution in [-0.2, 0) is 14.3 Å². The summed E-state index contributed by atoms with van der Waals surface area (Å²) >= 11 is 0. The molecule has 1 aromatic rings. The number of hydrogen-bond acceptors (Lipinski definition) is 5. The van der Waals surface area contributed by atoms with Gasteiger partial charge in [-0.15, -0.1) is 0 Å². The Balaban J connectivity index is 3.22. The summed E-state index contributed by atoms with van der Waals surface area (Å²) in [6.45, 7) is 6.71. The average molecular weight is 263 g/mol. The highest BCUT2D eigenvalue weighted by atomic mass is 16.6. The number of carbonyl (C=O) groups is 2. The van der Waals surface area contributed by atoms with Crippen LogP contribution in [-0.4, -0.2) is 11.9 Å². The first-order valence-corrected chi connectivity index (χ1v) is 5.83. The van der Waals surface area contributed by atoms with Crippen molar-refractivity contribution in [2.24, 2.45) is 0 Å². The number of furan rings is 1. The molecule has 5 heteroatoms. The summed E-state index contributed by atoms with van der Waals surface area (Å²) in [6.07, 6.45) is 2.47. The minimum absolute atomic E-state index is 0.106. The van der Waals surface area contributed by atoms with Gasteiger partial charge in [0.15, 0.2) is 5.76 Å². The minimum Gasteiger partial charge on any atom is -0.542 e. The molecule has 0 bridgehead atoms. The van der Waals surface area contributed by atoms with Gasteiger partial charge < -0.3 is 19.1 Å². The molecule has 0 fully saturated rings. The lowest BCUT2D eigenvalue weighted by atomic mass is 10.1. The molecule has 0 aromatic carbocycles. The quantitative estimate of drug-likeness (QED) is 0.443. The molecule has 19 heavy (non-hydrogen) atoms. The largest absolute Gasteiger partial charge is 0.542 e. The van der Waals surface area contributed by atoms with Gasteiger partial charge in [-0.3, -0.25) is 0 Å². The molecule has 0 atom stereocenters. The number of aliphatic carboxylic acids is 1. The molecule has 1 aromatic heterocycles. The van der Waals surface area contributed by atoms with E-state index >= 15 is 0 Å². The van der Waals surface area contributed by atoms with Crippen molar-refractivity contribution in [3.05, 3.63) is 42.1 Å². The molecule has 1 rings (SSSR count). The molecule has 0 saturated heterocycles. The van der Waals surface area contributed by atoms with E-state index in [-0.39, 0.29) is 5.57 Å². The highest BCUT2D eigenvalue weighted by Gasteiger charge is 2.17. The smallest absolute Gasteiger partial charge is 0.338 e. The fourth-order valence-electron chi connectivity index (χ4n) is 1.46. The molecule has 0 aliphatic rings. The van der Waals surface area contributed by atoms with Crippen molar-refractivity contribution in [3.63, 3.8) is 0 Å². The average Bonchev–Trinajstić information content (AvgIpc) is 2.86. The Hall–Kier alpha value is -2.30. The Bertz CT molecular complexity index is 508. The van der Waals surface area contributed by atoms with Crippen LogP contribution in [0.4, 0.5) is 0 Å². The van der Waals surface area contributed by atoms with Crippen LogP contribution in [0, 0.1) is 0 Å². The number of carboxylic acids is 1. The molecule has 5 nitrogen and oxygen atoms in total. The molecule has 0 radical (unpaired) electrons. The molecule has 0 amide bonds. The van der Waals surface area contributed by atoms with Crippen LogP contribution in [0.2, 0.25) is 0 Å². The summed E-state index contributed by atoms with van der Waals surface area (Å²) in [7, 11) is 0. The van der Waals surface area contributed by atoms with Crippen molar-refractivity contribution in [2.45, 2.75) is 26.7 Å². The van der Waals surface area contributed by atoms with Crippen molar-refractivity contribution < 1.29 is 23.8 Å². The van der Waals surface area contributed by atoms with Crippen LogP contribution in [0.5, 0.6) is 0 Å². The van der Waals surface area contributed by atoms with Crippen LogP contribution < -0.4 is 5.11 Å². The lowest BCUT2D eigenvalue weighted by Gasteiger charge is -2.14. The topological polar surface area (TPSA) is 79.6 Å². The second kappa shape index (κ2) is 6.58. The number of carboxylic acid groups (broad SMARTS) is 1. The van der Waals surface area contributed by atoms with Gasteiger partial charge in [0.05, 0.1) is 6.26 Å². The van der Waals surface area contributed by atoms with E-state index in [1.54, 1.807) is 12.1 Å². The SMILES string of the molecule is C=C(C)C(=O)O/C(C(=O)[O-])=C(/CCC)c1ccco1. The van der Waals surface area contributed by atoms with Crippen molar-refractivity contribution in [2.75, 3.05) is 0 Å². The predicted octanol–water partition coefficient (Wildman–Crippen LogP) is 1.66. The van der Waals surface area contributed by atoms with E-state index in [1.165, 1.54) is 13.2 Å². The normalized spacial score (nSPS) is 11.7. The van der Waals surface area contributed by atoms with E-state index < -0.39 is 17.7 Å². The maximum Gasteiger partial charge on any atom is 0.338 e. The monoisotopic (exact) mass is 263 g/mol. The fourth-order valence-corrected chi connectivity index (χ4v) is 1.46. The maximum atomic E-state index is 11.5. The molecule has 1 heterocycles. The number of hydrogen-bond donors (Lipinski definition) is 0. The number of carbonyl (C=O) groups excluding carboxylic acids is 2. The third-order valence-electron chi connectivity index (χ3n) is 2.32. The second-order valence-corrected chi connectivity index (χ2v) is 3.99. The fraction of sp³-hybridized carbons (Fsp3) is 0.286. The Morgan fingerprint density at radius 1 is 1.47 bits per heavy atom. The Labute approximate surface area is 111 Å². The minimum atomic E-state index is -1.56. The number of ether oxygens (including phenoxy) is 1. The molecule has 0 N–H and O–H groups in total. The second-order valence-electron chi connectivity index (χ2n) is 3.99. The molecule has 0 aliphatic heterocycles. The van der Waals surface area contributed by atoms with Crippen molar-refractivity contribution in [3.8, 4) is 0 Å². The Morgan fingerprint density at radius 2 is 2.16 bits per heavy atom. The molecular formula is C14H15O5-. The summed E-state index contributed by atoms with van der Waals surface area (Å²) in [5, 5.41) is 11.2. The van der Waals surface area contributed by atoms with Crippen LogP contribution in [0.1, 0.15) is 32.4 Å². The van der Waals surface area contributed by atoms with E-state index in [0.717, 1.165) is 0 Å².